The van der Waals surface area contributed by atoms with Crippen LogP contribution in [0.1, 0.15) is 114 Å². The second kappa shape index (κ2) is 11.2. The van der Waals surface area contributed by atoms with E-state index in [1.165, 1.54) is 0 Å². The first-order valence-electron chi connectivity index (χ1n) is 15.9. The molecule has 0 aromatic carbocycles. The van der Waals surface area contributed by atoms with Crippen LogP contribution in [-0.2, 0) is 38.0 Å². The number of carbonyl (C=O) groups excluding carboxylic acids is 2. The Bertz CT molecular complexity index is 929. The van der Waals surface area contributed by atoms with Gasteiger partial charge in [-0.15, -0.1) is 0 Å². The van der Waals surface area contributed by atoms with Crippen molar-refractivity contribution in [3.63, 3.8) is 0 Å². The maximum absolute atomic E-state index is 12.7. The zero-order valence-corrected chi connectivity index (χ0v) is 28.9. The van der Waals surface area contributed by atoms with Gasteiger partial charge in [0, 0.05) is 60.7 Å². The molecule has 0 bridgehead atoms. The third-order valence-electron chi connectivity index (χ3n) is 10.5. The lowest BCUT2D eigenvalue weighted by Gasteiger charge is -2.59. The zero-order valence-electron chi connectivity index (χ0n) is 28.9. The fourth-order valence-corrected chi connectivity index (χ4v) is 7.73. The number of hydrogen-bond donors (Lipinski definition) is 0. The minimum atomic E-state index is -0.877. The third kappa shape index (κ3) is 7.41. The zero-order chi connectivity index (χ0) is 32.3. The van der Waals surface area contributed by atoms with Crippen molar-refractivity contribution < 1.29 is 38.0 Å². The van der Waals surface area contributed by atoms with E-state index in [1.54, 1.807) is 0 Å². The summed E-state index contributed by atoms with van der Waals surface area (Å²) in [5.41, 5.74) is -2.16. The molecule has 0 saturated carbocycles. The highest BCUT2D eigenvalue weighted by Crippen LogP contribution is 2.48. The van der Waals surface area contributed by atoms with Gasteiger partial charge in [0.2, 0.25) is 0 Å². The lowest BCUT2D eigenvalue weighted by Crippen LogP contribution is -2.68. The highest BCUT2D eigenvalue weighted by molar-refractivity contribution is 5.73. The van der Waals surface area contributed by atoms with Crippen LogP contribution >= 0.6 is 0 Å². The lowest BCUT2D eigenvalue weighted by atomic mass is 9.76. The van der Waals surface area contributed by atoms with Crippen molar-refractivity contribution in [2.24, 2.45) is 0 Å². The quantitative estimate of drug-likeness (QED) is 0.390. The third-order valence-corrected chi connectivity index (χ3v) is 10.5. The molecule has 10 nitrogen and oxygen atoms in total. The van der Waals surface area contributed by atoms with Crippen molar-refractivity contribution >= 4 is 11.9 Å². The van der Waals surface area contributed by atoms with E-state index in [9.17, 15) is 9.59 Å². The van der Waals surface area contributed by atoms with Crippen LogP contribution in [0.3, 0.4) is 0 Å². The highest BCUT2D eigenvalue weighted by Gasteiger charge is 2.57. The summed E-state index contributed by atoms with van der Waals surface area (Å²) in [5.74, 6) is -2.16. The minimum absolute atomic E-state index is 0.101. The number of esters is 2. The summed E-state index contributed by atoms with van der Waals surface area (Å²) in [6.45, 7) is 22.3. The van der Waals surface area contributed by atoms with Crippen LogP contribution in [0.2, 0.25) is 0 Å². The summed E-state index contributed by atoms with van der Waals surface area (Å²) in [4.78, 5) is 30.2. The van der Waals surface area contributed by atoms with E-state index in [2.05, 4.69) is 79.3 Å². The molecule has 4 heterocycles. The fraction of sp³-hybridized carbons (Fsp3) is 0.939. The van der Waals surface area contributed by atoms with Gasteiger partial charge in [-0.05, 0) is 89.8 Å². The highest BCUT2D eigenvalue weighted by atomic mass is 16.7. The molecule has 0 unspecified atom stereocenters. The average molecular weight is 611 g/mol. The molecule has 4 fully saturated rings. The second-order valence-corrected chi connectivity index (χ2v) is 16.8. The Labute approximate surface area is 259 Å². The van der Waals surface area contributed by atoms with Gasteiger partial charge in [0.05, 0.1) is 26.4 Å². The van der Waals surface area contributed by atoms with Gasteiger partial charge in [-0.2, -0.15) is 0 Å². The lowest BCUT2D eigenvalue weighted by molar-refractivity contribution is -0.349. The van der Waals surface area contributed by atoms with E-state index in [0.29, 0.717) is 6.42 Å². The van der Waals surface area contributed by atoms with Crippen LogP contribution in [0.15, 0.2) is 0 Å². The van der Waals surface area contributed by atoms with Crippen molar-refractivity contribution in [3.05, 3.63) is 0 Å². The number of carbonyl (C=O) groups is 2. The topological polar surface area (TPSA) is 96.0 Å². The van der Waals surface area contributed by atoms with Crippen molar-refractivity contribution in [2.75, 3.05) is 40.5 Å². The van der Waals surface area contributed by atoms with Gasteiger partial charge < -0.3 is 28.4 Å². The standard InChI is InChI=1S/C33H58N2O8/c1-26(2)16-32(17-27(3,4)34(26)11)38-20-30(9,21-39-32)42-24(36)14-13-15-25(37)43-31(10)22-40-33(41-23-31)18-28(5,6)35(12)29(7,8)19-33/h13-23H2,1-12H3. The molecule has 0 aromatic heterocycles. The first-order valence-corrected chi connectivity index (χ1v) is 15.9. The second-order valence-electron chi connectivity index (χ2n) is 16.8. The maximum atomic E-state index is 12.7. The number of nitrogens with zero attached hydrogens (tertiary/aromatic N) is 2. The predicted octanol–water partition coefficient (Wildman–Crippen LogP) is 4.81. The van der Waals surface area contributed by atoms with Crippen LogP contribution in [0.4, 0.5) is 0 Å². The molecule has 4 saturated heterocycles. The Kier molecular flexibility index (Phi) is 9.00. The molecular weight excluding hydrogens is 552 g/mol. The van der Waals surface area contributed by atoms with E-state index in [4.69, 9.17) is 28.4 Å². The van der Waals surface area contributed by atoms with Gasteiger partial charge in [0.1, 0.15) is 0 Å². The number of rotatable bonds is 6. The van der Waals surface area contributed by atoms with Crippen LogP contribution in [0.25, 0.3) is 0 Å². The Hall–Kier alpha value is -1.30. The van der Waals surface area contributed by atoms with E-state index in [0.717, 1.165) is 25.7 Å². The van der Waals surface area contributed by atoms with Gasteiger partial charge in [-0.1, -0.05) is 0 Å². The summed E-state index contributed by atoms with van der Waals surface area (Å²) >= 11 is 0. The van der Waals surface area contributed by atoms with Crippen molar-refractivity contribution in [3.8, 4) is 0 Å². The molecule has 248 valence electrons. The van der Waals surface area contributed by atoms with Crippen LogP contribution in [-0.4, -0.2) is 107 Å². The van der Waals surface area contributed by atoms with Crippen molar-refractivity contribution in [2.45, 2.75) is 159 Å². The summed E-state index contributed by atoms with van der Waals surface area (Å²) in [6.07, 6.45) is 3.45. The van der Waals surface area contributed by atoms with Gasteiger partial charge in [-0.3, -0.25) is 19.4 Å². The summed E-state index contributed by atoms with van der Waals surface area (Å²) < 4.78 is 36.9. The van der Waals surface area contributed by atoms with Gasteiger partial charge in [-0.25, -0.2) is 0 Å². The van der Waals surface area contributed by atoms with Crippen molar-refractivity contribution in [1.82, 2.24) is 9.80 Å². The van der Waals surface area contributed by atoms with E-state index in [1.807, 2.05) is 13.8 Å². The molecule has 4 rings (SSSR count). The predicted molar refractivity (Wildman–Crippen MR) is 162 cm³/mol. The van der Waals surface area contributed by atoms with Crippen molar-refractivity contribution in [1.29, 1.82) is 0 Å². The van der Waals surface area contributed by atoms with E-state index in [-0.39, 0.29) is 73.4 Å². The maximum Gasteiger partial charge on any atom is 0.306 e. The monoisotopic (exact) mass is 610 g/mol. The minimum Gasteiger partial charge on any atom is -0.454 e. The number of hydrogen-bond acceptors (Lipinski definition) is 10. The molecule has 4 aliphatic heterocycles. The number of likely N-dealkylation sites (tertiary alicyclic amines) is 2. The first-order chi connectivity index (χ1) is 19.5. The first kappa shape index (κ1) is 34.6. The molecule has 10 heteroatoms. The smallest absolute Gasteiger partial charge is 0.306 e. The summed E-state index contributed by atoms with van der Waals surface area (Å²) in [6, 6.07) is 0. The Morgan fingerprint density at radius 3 is 1.05 bits per heavy atom. The van der Waals surface area contributed by atoms with Gasteiger partial charge in [0.25, 0.3) is 0 Å². The molecule has 4 aliphatic rings. The molecule has 0 atom stereocenters. The molecule has 0 N–H and O–H groups in total. The Morgan fingerprint density at radius 1 is 0.535 bits per heavy atom. The molecule has 2 spiro atoms. The molecular formula is C33H58N2O8. The normalized spacial score (nSPS) is 30.0. The van der Waals surface area contributed by atoms with Gasteiger partial charge >= 0.3 is 11.9 Å². The molecule has 43 heavy (non-hydrogen) atoms. The largest absolute Gasteiger partial charge is 0.454 e. The fourth-order valence-electron chi connectivity index (χ4n) is 7.73. The average Bonchev–Trinajstić information content (AvgIpc) is 2.85. The van der Waals surface area contributed by atoms with Crippen LogP contribution < -0.4 is 0 Å². The summed E-state index contributed by atoms with van der Waals surface area (Å²) in [5, 5.41) is 0. The van der Waals surface area contributed by atoms with E-state index < -0.39 is 22.8 Å². The molecule has 0 aromatic rings. The molecule has 0 radical (unpaired) electrons. The Balaban J connectivity index is 1.20. The number of ether oxygens (including phenoxy) is 6. The number of piperidine rings is 2. The van der Waals surface area contributed by atoms with Crippen LogP contribution in [0.5, 0.6) is 0 Å². The van der Waals surface area contributed by atoms with E-state index >= 15 is 0 Å². The summed E-state index contributed by atoms with van der Waals surface area (Å²) in [7, 11) is 4.28. The van der Waals surface area contributed by atoms with Crippen LogP contribution in [0, 0.1) is 0 Å². The molecule has 0 amide bonds. The van der Waals surface area contributed by atoms with Gasteiger partial charge in [0.15, 0.2) is 22.8 Å². The molecule has 0 aliphatic carbocycles. The Morgan fingerprint density at radius 2 is 0.791 bits per heavy atom. The SMILES string of the molecule is CN1C(C)(C)CC2(CC1(C)C)OCC(C)(OC(=O)CCCC(=O)OC1(C)COC3(CC(C)(C)N(C)C(C)(C)C3)OC1)CO2.